The predicted molar refractivity (Wildman–Crippen MR) is 51.5 cm³/mol. The Morgan fingerprint density at radius 2 is 2.50 bits per heavy atom. The first-order valence-corrected chi connectivity index (χ1v) is 4.32. The molecule has 0 aliphatic rings. The number of rotatable bonds is 3. The van der Waals surface area contributed by atoms with Crippen molar-refractivity contribution in [1.29, 1.82) is 5.26 Å². The van der Waals surface area contributed by atoms with Gasteiger partial charge in [-0.2, -0.15) is 5.26 Å². The second-order valence-electron chi connectivity index (χ2n) is 2.83. The van der Waals surface area contributed by atoms with Crippen LogP contribution in [0.3, 0.4) is 0 Å². The minimum Gasteiger partial charge on any atom is -0.350 e. The van der Waals surface area contributed by atoms with Crippen LogP contribution in [-0.2, 0) is 0 Å². The fourth-order valence-corrected chi connectivity index (χ4v) is 1.04. The van der Waals surface area contributed by atoms with Crippen molar-refractivity contribution < 1.29 is 4.79 Å². The zero-order chi connectivity index (χ0) is 10.4. The van der Waals surface area contributed by atoms with Crippen molar-refractivity contribution in [1.82, 2.24) is 10.3 Å². The van der Waals surface area contributed by atoms with Gasteiger partial charge in [-0.15, -0.1) is 0 Å². The van der Waals surface area contributed by atoms with Crippen LogP contribution >= 0.6 is 0 Å². The van der Waals surface area contributed by atoms with Gasteiger partial charge in [-0.05, 0) is 18.6 Å². The van der Waals surface area contributed by atoms with E-state index in [-0.39, 0.29) is 5.91 Å². The minimum absolute atomic E-state index is 0.224. The van der Waals surface area contributed by atoms with Gasteiger partial charge in [0.05, 0.1) is 12.5 Å². The number of nitrogens with one attached hydrogen (secondary N) is 1. The van der Waals surface area contributed by atoms with Crippen molar-refractivity contribution in [2.45, 2.75) is 13.3 Å². The summed E-state index contributed by atoms with van der Waals surface area (Å²) < 4.78 is 0. The van der Waals surface area contributed by atoms with Gasteiger partial charge >= 0.3 is 0 Å². The van der Waals surface area contributed by atoms with E-state index < -0.39 is 0 Å². The summed E-state index contributed by atoms with van der Waals surface area (Å²) in [6.45, 7) is 2.19. The maximum atomic E-state index is 11.5. The van der Waals surface area contributed by atoms with E-state index in [0.717, 1.165) is 5.56 Å². The summed E-state index contributed by atoms with van der Waals surface area (Å²) in [6, 6.07) is 5.56. The molecule has 0 unspecified atom stereocenters. The summed E-state index contributed by atoms with van der Waals surface area (Å²) in [7, 11) is 0. The molecule has 0 bridgehead atoms. The molecule has 1 aromatic rings. The maximum Gasteiger partial charge on any atom is 0.270 e. The molecule has 0 fully saturated rings. The van der Waals surface area contributed by atoms with Gasteiger partial charge < -0.3 is 5.32 Å². The third-order valence-electron chi connectivity index (χ3n) is 1.75. The molecule has 0 aliphatic carbocycles. The second-order valence-corrected chi connectivity index (χ2v) is 2.83. The van der Waals surface area contributed by atoms with E-state index in [9.17, 15) is 4.79 Å². The van der Waals surface area contributed by atoms with Crippen LogP contribution in [0.1, 0.15) is 22.5 Å². The number of amides is 1. The number of carbonyl (C=O) groups excluding carboxylic acids is 1. The van der Waals surface area contributed by atoms with Crippen molar-refractivity contribution in [2.24, 2.45) is 0 Å². The number of hydrogen-bond acceptors (Lipinski definition) is 3. The van der Waals surface area contributed by atoms with E-state index in [1.54, 1.807) is 12.3 Å². The Morgan fingerprint density at radius 1 is 1.71 bits per heavy atom. The summed E-state index contributed by atoms with van der Waals surface area (Å²) in [5, 5.41) is 10.9. The van der Waals surface area contributed by atoms with Crippen LogP contribution in [0.25, 0.3) is 0 Å². The Balaban J connectivity index is 2.62. The van der Waals surface area contributed by atoms with Crippen molar-refractivity contribution in [3.63, 3.8) is 0 Å². The Bertz CT molecular complexity index is 368. The van der Waals surface area contributed by atoms with Crippen molar-refractivity contribution >= 4 is 5.91 Å². The number of hydrogen-bond donors (Lipinski definition) is 1. The highest BCUT2D eigenvalue weighted by atomic mass is 16.1. The molecular weight excluding hydrogens is 178 g/mol. The number of aryl methyl sites for hydroxylation is 1. The fourth-order valence-electron chi connectivity index (χ4n) is 1.04. The van der Waals surface area contributed by atoms with Crippen molar-refractivity contribution in [3.05, 3.63) is 29.6 Å². The fraction of sp³-hybridized carbons (Fsp3) is 0.300. The van der Waals surface area contributed by atoms with E-state index in [1.807, 2.05) is 19.1 Å². The quantitative estimate of drug-likeness (QED) is 0.722. The molecule has 0 aliphatic heterocycles. The smallest absolute Gasteiger partial charge is 0.270 e. The predicted octanol–water partition coefficient (Wildman–Crippen LogP) is 1.03. The molecule has 1 amide bonds. The molecule has 0 saturated heterocycles. The van der Waals surface area contributed by atoms with Crippen LogP contribution in [0.5, 0.6) is 0 Å². The van der Waals surface area contributed by atoms with E-state index in [1.165, 1.54) is 0 Å². The van der Waals surface area contributed by atoms with Crippen LogP contribution in [0.2, 0.25) is 0 Å². The summed E-state index contributed by atoms with van der Waals surface area (Å²) in [6.07, 6.45) is 1.89. The van der Waals surface area contributed by atoms with Gasteiger partial charge in [0.1, 0.15) is 5.69 Å². The first kappa shape index (κ1) is 10.2. The molecule has 0 radical (unpaired) electrons. The Kier molecular flexibility index (Phi) is 3.62. The molecule has 0 spiro atoms. The van der Waals surface area contributed by atoms with Crippen molar-refractivity contribution in [3.8, 4) is 6.07 Å². The highest BCUT2D eigenvalue weighted by Crippen LogP contribution is 2.02. The van der Waals surface area contributed by atoms with Crippen LogP contribution in [0.4, 0.5) is 0 Å². The second kappa shape index (κ2) is 4.97. The molecular formula is C10H11N3O. The van der Waals surface area contributed by atoms with E-state index >= 15 is 0 Å². The van der Waals surface area contributed by atoms with Crippen LogP contribution in [-0.4, -0.2) is 17.4 Å². The van der Waals surface area contributed by atoms with E-state index in [4.69, 9.17) is 5.26 Å². The molecule has 4 heteroatoms. The maximum absolute atomic E-state index is 11.5. The lowest BCUT2D eigenvalue weighted by Gasteiger charge is -2.03. The summed E-state index contributed by atoms with van der Waals surface area (Å²) in [5.74, 6) is -0.224. The summed E-state index contributed by atoms with van der Waals surface area (Å²) >= 11 is 0. The Morgan fingerprint density at radius 3 is 3.14 bits per heavy atom. The van der Waals surface area contributed by atoms with E-state index in [2.05, 4.69) is 10.3 Å². The molecule has 4 nitrogen and oxygen atoms in total. The largest absolute Gasteiger partial charge is 0.350 e. The molecule has 72 valence electrons. The molecule has 14 heavy (non-hydrogen) atoms. The Hall–Kier alpha value is -1.89. The standard InChI is InChI=1S/C10H11N3O/c1-8-4-2-6-12-9(8)10(14)13-7-3-5-11/h2,4,6H,3,7H2,1H3,(H,13,14). The summed E-state index contributed by atoms with van der Waals surface area (Å²) in [5.41, 5.74) is 1.26. The lowest BCUT2D eigenvalue weighted by Crippen LogP contribution is -2.25. The zero-order valence-electron chi connectivity index (χ0n) is 7.95. The van der Waals surface area contributed by atoms with Gasteiger partial charge in [0.2, 0.25) is 0 Å². The highest BCUT2D eigenvalue weighted by Gasteiger charge is 2.08. The highest BCUT2D eigenvalue weighted by molar-refractivity contribution is 5.93. The number of nitrogens with zero attached hydrogens (tertiary/aromatic N) is 2. The number of nitriles is 1. The normalized spacial score (nSPS) is 9.14. The van der Waals surface area contributed by atoms with Crippen molar-refractivity contribution in [2.75, 3.05) is 6.54 Å². The minimum atomic E-state index is -0.224. The number of aromatic nitrogens is 1. The zero-order valence-corrected chi connectivity index (χ0v) is 7.95. The molecule has 0 aromatic carbocycles. The molecule has 1 heterocycles. The van der Waals surface area contributed by atoms with Gasteiger partial charge in [-0.3, -0.25) is 9.78 Å². The van der Waals surface area contributed by atoms with Gasteiger partial charge in [0.25, 0.3) is 5.91 Å². The molecule has 1 aromatic heterocycles. The third-order valence-corrected chi connectivity index (χ3v) is 1.75. The topological polar surface area (TPSA) is 65.8 Å². The monoisotopic (exact) mass is 189 g/mol. The van der Waals surface area contributed by atoms with Gasteiger partial charge in [-0.1, -0.05) is 6.07 Å². The van der Waals surface area contributed by atoms with E-state index in [0.29, 0.717) is 18.7 Å². The van der Waals surface area contributed by atoms with Crippen LogP contribution in [0.15, 0.2) is 18.3 Å². The average Bonchev–Trinajstić information content (AvgIpc) is 2.18. The third kappa shape index (κ3) is 2.56. The SMILES string of the molecule is Cc1cccnc1C(=O)NCCC#N. The average molecular weight is 189 g/mol. The van der Waals surface area contributed by atoms with Gasteiger partial charge in [0, 0.05) is 12.7 Å². The molecule has 0 saturated carbocycles. The van der Waals surface area contributed by atoms with Gasteiger partial charge in [-0.25, -0.2) is 0 Å². The van der Waals surface area contributed by atoms with Gasteiger partial charge in [0.15, 0.2) is 0 Å². The van der Waals surface area contributed by atoms with Crippen LogP contribution in [0, 0.1) is 18.3 Å². The van der Waals surface area contributed by atoms with Crippen LogP contribution < -0.4 is 5.32 Å². The number of pyridine rings is 1. The first-order valence-electron chi connectivity index (χ1n) is 4.32. The molecule has 1 N–H and O–H groups in total. The lowest BCUT2D eigenvalue weighted by molar-refractivity contribution is 0.0949. The summed E-state index contributed by atoms with van der Waals surface area (Å²) in [4.78, 5) is 15.4. The molecule has 0 atom stereocenters. The first-order chi connectivity index (χ1) is 6.75. The Labute approximate surface area is 82.6 Å². The molecule has 1 rings (SSSR count). The lowest BCUT2D eigenvalue weighted by atomic mass is 10.2. The number of carbonyl (C=O) groups is 1.